The van der Waals surface area contributed by atoms with Crippen LogP contribution in [0, 0.1) is 0 Å². The van der Waals surface area contributed by atoms with E-state index in [0.29, 0.717) is 18.8 Å². The van der Waals surface area contributed by atoms with Crippen LogP contribution in [0.4, 0.5) is 5.69 Å². The number of hydrazine groups is 1. The molecule has 2 rings (SSSR count). The second-order valence-electron chi connectivity index (χ2n) is 4.91. The van der Waals surface area contributed by atoms with Crippen molar-refractivity contribution in [3.05, 3.63) is 60.2 Å². The van der Waals surface area contributed by atoms with Crippen molar-refractivity contribution < 1.29 is 13.2 Å². The second kappa shape index (κ2) is 8.64. The summed E-state index contributed by atoms with van der Waals surface area (Å²) in [6, 6.07) is 15.8. The molecular weight excluding hydrogens is 314 g/mol. The molecule has 0 aliphatic carbocycles. The molecule has 124 valence electrons. The molecule has 2 aromatic rings. The fourth-order valence-electron chi connectivity index (χ4n) is 1.90. The monoisotopic (exact) mass is 335 g/mol. The van der Waals surface area contributed by atoms with Crippen molar-refractivity contribution >= 4 is 15.7 Å². The van der Waals surface area contributed by atoms with Crippen LogP contribution < -0.4 is 15.6 Å². The van der Waals surface area contributed by atoms with Crippen molar-refractivity contribution in [1.29, 1.82) is 0 Å². The quantitative estimate of drug-likeness (QED) is 0.480. The molecular formula is C16H21N3O3S. The van der Waals surface area contributed by atoms with Crippen molar-refractivity contribution in [2.75, 3.05) is 25.7 Å². The molecule has 0 aliphatic rings. The number of hydrogen-bond donors (Lipinski definition) is 3. The molecule has 0 heterocycles. The molecule has 0 amide bonds. The number of ether oxygens (including phenoxy) is 1. The van der Waals surface area contributed by atoms with Crippen molar-refractivity contribution in [2.24, 2.45) is 0 Å². The number of anilines is 1. The molecule has 0 aliphatic heterocycles. The summed E-state index contributed by atoms with van der Waals surface area (Å²) < 4.78 is 29.4. The van der Waals surface area contributed by atoms with Crippen molar-refractivity contribution in [2.45, 2.75) is 11.4 Å². The Morgan fingerprint density at radius 3 is 2.35 bits per heavy atom. The summed E-state index contributed by atoms with van der Waals surface area (Å²) in [5.41, 5.74) is 4.37. The summed E-state index contributed by atoms with van der Waals surface area (Å²) in [6.45, 7) is 2.06. The number of benzene rings is 2. The van der Waals surface area contributed by atoms with Crippen LogP contribution in [0.2, 0.25) is 0 Å². The molecule has 3 N–H and O–H groups in total. The third-order valence-electron chi connectivity index (χ3n) is 3.15. The first-order valence-electron chi connectivity index (χ1n) is 7.23. The minimum atomic E-state index is -3.61. The first-order valence-corrected chi connectivity index (χ1v) is 8.71. The predicted molar refractivity (Wildman–Crippen MR) is 90.4 cm³/mol. The number of hydrogen-bond acceptors (Lipinski definition) is 5. The largest absolute Gasteiger partial charge is 0.383 e. The lowest BCUT2D eigenvalue weighted by molar-refractivity contribution is 0.199. The molecule has 7 heteroatoms. The van der Waals surface area contributed by atoms with Crippen LogP contribution in [0.25, 0.3) is 0 Å². The van der Waals surface area contributed by atoms with Gasteiger partial charge in [0, 0.05) is 25.9 Å². The van der Waals surface area contributed by atoms with Gasteiger partial charge in [-0.25, -0.2) is 8.42 Å². The molecule has 0 spiro atoms. The van der Waals surface area contributed by atoms with Gasteiger partial charge < -0.3 is 15.5 Å². The average molecular weight is 335 g/mol. The fourth-order valence-corrected chi connectivity index (χ4v) is 2.76. The van der Waals surface area contributed by atoms with Crippen LogP contribution in [0.15, 0.2) is 59.5 Å². The number of nitrogens with one attached hydrogen (secondary N) is 3. The van der Waals surface area contributed by atoms with Gasteiger partial charge in [-0.15, -0.1) is 4.83 Å². The first kappa shape index (κ1) is 17.4. The summed E-state index contributed by atoms with van der Waals surface area (Å²) in [6.07, 6.45) is 0. The lowest BCUT2D eigenvalue weighted by Gasteiger charge is -2.10. The van der Waals surface area contributed by atoms with E-state index in [4.69, 9.17) is 4.74 Å². The van der Waals surface area contributed by atoms with Crippen molar-refractivity contribution in [3.63, 3.8) is 0 Å². The van der Waals surface area contributed by atoms with Gasteiger partial charge in [-0.1, -0.05) is 30.3 Å². The van der Waals surface area contributed by atoms with E-state index < -0.39 is 10.0 Å². The highest BCUT2D eigenvalue weighted by Crippen LogP contribution is 2.11. The maximum Gasteiger partial charge on any atom is 0.257 e. The smallest absolute Gasteiger partial charge is 0.257 e. The van der Waals surface area contributed by atoms with E-state index >= 15 is 0 Å². The van der Waals surface area contributed by atoms with E-state index in [0.717, 1.165) is 12.1 Å². The molecule has 0 bridgehead atoms. The standard InChI is InChI=1S/C16H21N3O3S/c1-22-12-11-17-13-14-7-9-16(10-8-14)23(20,21)19-18-15-5-3-2-4-6-15/h2-10,17-19H,11-13H2,1H3. The molecule has 6 nitrogen and oxygen atoms in total. The molecule has 2 aromatic carbocycles. The lowest BCUT2D eigenvalue weighted by Crippen LogP contribution is -2.29. The minimum absolute atomic E-state index is 0.210. The molecule has 0 aromatic heterocycles. The number of sulfonamides is 1. The van der Waals surface area contributed by atoms with Crippen LogP contribution in [0.1, 0.15) is 5.56 Å². The zero-order chi connectivity index (χ0) is 16.5. The number of para-hydroxylation sites is 1. The molecule has 0 saturated carbocycles. The SMILES string of the molecule is COCCNCc1ccc(S(=O)(=O)NNc2ccccc2)cc1. The molecule has 23 heavy (non-hydrogen) atoms. The first-order chi connectivity index (χ1) is 11.1. The van der Waals surface area contributed by atoms with Gasteiger partial charge in [0.05, 0.1) is 11.5 Å². The molecule has 0 unspecified atom stereocenters. The van der Waals surface area contributed by atoms with E-state index in [-0.39, 0.29) is 4.90 Å². The van der Waals surface area contributed by atoms with Gasteiger partial charge in [0.15, 0.2) is 0 Å². The van der Waals surface area contributed by atoms with Crippen molar-refractivity contribution in [3.8, 4) is 0 Å². The molecule has 0 atom stereocenters. The minimum Gasteiger partial charge on any atom is -0.383 e. The van der Waals surface area contributed by atoms with Crippen molar-refractivity contribution in [1.82, 2.24) is 10.1 Å². The van der Waals surface area contributed by atoms with E-state index in [1.165, 1.54) is 0 Å². The van der Waals surface area contributed by atoms with Crippen LogP contribution >= 0.6 is 0 Å². The Bertz CT molecular complexity index is 688. The number of methoxy groups -OCH3 is 1. The van der Waals surface area contributed by atoms with Gasteiger partial charge in [0.2, 0.25) is 0 Å². The normalized spacial score (nSPS) is 11.3. The maximum absolute atomic E-state index is 12.2. The molecule has 0 fully saturated rings. The van der Waals surface area contributed by atoms with Gasteiger partial charge in [-0.3, -0.25) is 0 Å². The van der Waals surface area contributed by atoms with Gasteiger partial charge in [0.1, 0.15) is 0 Å². The zero-order valence-electron chi connectivity index (χ0n) is 13.0. The summed E-state index contributed by atoms with van der Waals surface area (Å²) >= 11 is 0. The summed E-state index contributed by atoms with van der Waals surface area (Å²) in [7, 11) is -1.96. The third kappa shape index (κ3) is 5.65. The summed E-state index contributed by atoms with van der Waals surface area (Å²) in [4.78, 5) is 2.57. The van der Waals surface area contributed by atoms with Crippen LogP contribution in [-0.2, 0) is 21.3 Å². The van der Waals surface area contributed by atoms with E-state index in [1.54, 1.807) is 43.5 Å². The Balaban J connectivity index is 1.92. The summed E-state index contributed by atoms with van der Waals surface area (Å²) in [5.74, 6) is 0. The Hall–Kier alpha value is -1.93. The van der Waals surface area contributed by atoms with Gasteiger partial charge >= 0.3 is 0 Å². The summed E-state index contributed by atoms with van der Waals surface area (Å²) in [5, 5.41) is 3.21. The van der Waals surface area contributed by atoms with Gasteiger partial charge in [-0.05, 0) is 29.8 Å². The van der Waals surface area contributed by atoms with Crippen LogP contribution in [0.3, 0.4) is 0 Å². The highest BCUT2D eigenvalue weighted by atomic mass is 32.2. The maximum atomic E-state index is 12.2. The topological polar surface area (TPSA) is 79.5 Å². The third-order valence-corrected chi connectivity index (χ3v) is 4.41. The van der Waals surface area contributed by atoms with E-state index in [1.807, 2.05) is 18.2 Å². The highest BCUT2D eigenvalue weighted by molar-refractivity contribution is 7.89. The highest BCUT2D eigenvalue weighted by Gasteiger charge is 2.13. The Morgan fingerprint density at radius 2 is 1.70 bits per heavy atom. The van der Waals surface area contributed by atoms with E-state index in [9.17, 15) is 8.42 Å². The average Bonchev–Trinajstić information content (AvgIpc) is 2.58. The Kier molecular flexibility index (Phi) is 6.54. The Morgan fingerprint density at radius 1 is 1.00 bits per heavy atom. The van der Waals surface area contributed by atoms with Crippen LogP contribution in [-0.4, -0.2) is 28.7 Å². The van der Waals surface area contributed by atoms with Crippen LogP contribution in [0.5, 0.6) is 0 Å². The van der Waals surface area contributed by atoms with Gasteiger partial charge in [0.25, 0.3) is 10.0 Å². The predicted octanol–water partition coefficient (Wildman–Crippen LogP) is 1.73. The van der Waals surface area contributed by atoms with Gasteiger partial charge in [-0.2, -0.15) is 0 Å². The zero-order valence-corrected chi connectivity index (χ0v) is 13.8. The fraction of sp³-hybridized carbons (Fsp3) is 0.250. The van der Waals surface area contributed by atoms with E-state index in [2.05, 4.69) is 15.6 Å². The second-order valence-corrected chi connectivity index (χ2v) is 6.59. The number of rotatable bonds is 9. The lowest BCUT2D eigenvalue weighted by atomic mass is 10.2. The molecule has 0 radical (unpaired) electrons. The Labute approximate surface area is 136 Å². The molecule has 0 saturated heterocycles.